The molecule has 1 aromatic carbocycles. The van der Waals surface area contributed by atoms with E-state index in [0.29, 0.717) is 13.2 Å². The van der Waals surface area contributed by atoms with E-state index in [9.17, 15) is 13.2 Å². The van der Waals surface area contributed by atoms with Crippen molar-refractivity contribution in [1.29, 1.82) is 0 Å². The van der Waals surface area contributed by atoms with Crippen LogP contribution in [-0.4, -0.2) is 35.4 Å². The van der Waals surface area contributed by atoms with E-state index in [-0.39, 0.29) is 22.5 Å². The molecule has 6 nitrogen and oxygen atoms in total. The minimum Gasteiger partial charge on any atom is -0.383 e. The number of anilines is 3. The molecule has 2 aromatic rings. The molecule has 0 aliphatic heterocycles. The molecule has 0 fully saturated rings. The van der Waals surface area contributed by atoms with Crippen molar-refractivity contribution in [3.63, 3.8) is 0 Å². The maximum atomic E-state index is 13.0. The van der Waals surface area contributed by atoms with Gasteiger partial charge in [0.2, 0.25) is 5.95 Å². The second kappa shape index (κ2) is 7.42. The number of nitrogens with zero attached hydrogens (tertiary/aromatic N) is 3. The van der Waals surface area contributed by atoms with Gasteiger partial charge in [-0.1, -0.05) is 11.6 Å². The van der Waals surface area contributed by atoms with Gasteiger partial charge in [0, 0.05) is 18.7 Å². The molecule has 2 N–H and O–H groups in total. The van der Waals surface area contributed by atoms with Gasteiger partial charge in [0.15, 0.2) is 5.82 Å². The summed E-state index contributed by atoms with van der Waals surface area (Å²) in [5, 5.41) is 12.8. The van der Waals surface area contributed by atoms with E-state index < -0.39 is 11.7 Å². The molecule has 0 aliphatic carbocycles. The van der Waals surface area contributed by atoms with Gasteiger partial charge < -0.3 is 15.4 Å². The smallest absolute Gasteiger partial charge is 0.383 e. The summed E-state index contributed by atoms with van der Waals surface area (Å²) < 4.78 is 44.0. The summed E-state index contributed by atoms with van der Waals surface area (Å²) in [5.41, 5.74) is -1.07. The lowest BCUT2D eigenvalue weighted by Gasteiger charge is -2.14. The van der Waals surface area contributed by atoms with Crippen molar-refractivity contribution in [2.24, 2.45) is 0 Å². The van der Waals surface area contributed by atoms with Crippen LogP contribution in [0.3, 0.4) is 0 Å². The molecule has 1 heterocycles. The Bertz CT molecular complexity index is 668. The van der Waals surface area contributed by atoms with Crippen LogP contribution in [0.25, 0.3) is 0 Å². The normalized spacial score (nSPS) is 11.3. The van der Waals surface area contributed by atoms with E-state index in [1.165, 1.54) is 25.4 Å². The fourth-order valence-electron chi connectivity index (χ4n) is 1.70. The molecule has 0 amide bonds. The van der Waals surface area contributed by atoms with Crippen LogP contribution in [0, 0.1) is 0 Å². The van der Waals surface area contributed by atoms with Crippen LogP contribution in [-0.2, 0) is 10.9 Å². The van der Waals surface area contributed by atoms with Gasteiger partial charge in [0.25, 0.3) is 0 Å². The predicted molar refractivity (Wildman–Crippen MR) is 79.9 cm³/mol. The maximum absolute atomic E-state index is 13.0. The number of nitrogens with one attached hydrogen (secondary N) is 2. The Morgan fingerprint density at radius 2 is 2.09 bits per heavy atom. The molecule has 0 spiro atoms. The number of alkyl halides is 3. The second-order valence-electron chi connectivity index (χ2n) is 4.40. The molecule has 0 saturated heterocycles. The Kier molecular flexibility index (Phi) is 5.56. The molecule has 2 rings (SSSR count). The van der Waals surface area contributed by atoms with Crippen LogP contribution in [0.1, 0.15) is 5.56 Å². The summed E-state index contributed by atoms with van der Waals surface area (Å²) in [4.78, 5) is 4.03. The molecule has 1 aromatic heterocycles. The fourth-order valence-corrected chi connectivity index (χ4v) is 1.87. The predicted octanol–water partition coefficient (Wildman–Crippen LogP) is 3.35. The number of rotatable bonds is 6. The molecule has 0 aliphatic rings. The minimum absolute atomic E-state index is 0.00870. The second-order valence-corrected chi connectivity index (χ2v) is 4.83. The summed E-state index contributed by atoms with van der Waals surface area (Å²) in [5.74, 6) is 0.294. The SMILES string of the molecule is COCCNc1nncc(Nc2ccc(Cl)cc2C(F)(F)F)n1. The average Bonchev–Trinajstić information content (AvgIpc) is 2.49. The van der Waals surface area contributed by atoms with Crippen LogP contribution in [0.2, 0.25) is 5.02 Å². The van der Waals surface area contributed by atoms with Gasteiger partial charge in [-0.05, 0) is 18.2 Å². The number of hydrogen-bond acceptors (Lipinski definition) is 6. The highest BCUT2D eigenvalue weighted by molar-refractivity contribution is 6.30. The summed E-state index contributed by atoms with van der Waals surface area (Å²) in [6.07, 6.45) is -3.33. The highest BCUT2D eigenvalue weighted by Gasteiger charge is 2.34. The standard InChI is InChI=1S/C13H13ClF3N5O/c1-23-5-4-18-12-21-11(7-19-22-12)20-10-3-2-8(14)6-9(10)13(15,16)17/h2-3,6-7H,4-5H2,1H3,(H2,18,20,21,22). The van der Waals surface area contributed by atoms with Crippen molar-refractivity contribution >= 4 is 29.1 Å². The fraction of sp³-hybridized carbons (Fsp3) is 0.308. The van der Waals surface area contributed by atoms with Crippen LogP contribution < -0.4 is 10.6 Å². The van der Waals surface area contributed by atoms with Crippen LogP contribution >= 0.6 is 11.6 Å². The zero-order valence-corrected chi connectivity index (χ0v) is 12.7. The van der Waals surface area contributed by atoms with Crippen LogP contribution in [0.4, 0.5) is 30.6 Å². The highest BCUT2D eigenvalue weighted by Crippen LogP contribution is 2.37. The molecule has 10 heteroatoms. The molecule has 23 heavy (non-hydrogen) atoms. The third-order valence-electron chi connectivity index (χ3n) is 2.70. The van der Waals surface area contributed by atoms with Crippen molar-refractivity contribution in [2.75, 3.05) is 30.9 Å². The topological polar surface area (TPSA) is 72.0 Å². The zero-order chi connectivity index (χ0) is 16.9. The molecule has 0 saturated carbocycles. The first-order valence-corrected chi connectivity index (χ1v) is 6.84. The van der Waals surface area contributed by atoms with Crippen molar-refractivity contribution in [3.05, 3.63) is 35.0 Å². The summed E-state index contributed by atoms with van der Waals surface area (Å²) in [6, 6.07) is 3.42. The summed E-state index contributed by atoms with van der Waals surface area (Å²) in [6.45, 7) is 0.868. The lowest BCUT2D eigenvalue weighted by molar-refractivity contribution is -0.136. The van der Waals surface area contributed by atoms with E-state index >= 15 is 0 Å². The van der Waals surface area contributed by atoms with Crippen LogP contribution in [0.5, 0.6) is 0 Å². The lowest BCUT2D eigenvalue weighted by Crippen LogP contribution is -2.12. The van der Waals surface area contributed by atoms with E-state index in [1.807, 2.05) is 0 Å². The van der Waals surface area contributed by atoms with Crippen LogP contribution in [0.15, 0.2) is 24.4 Å². The molecule has 0 unspecified atom stereocenters. The monoisotopic (exact) mass is 347 g/mol. The number of halogens is 4. The van der Waals surface area contributed by atoms with Crippen molar-refractivity contribution in [3.8, 4) is 0 Å². The highest BCUT2D eigenvalue weighted by atomic mass is 35.5. The first-order chi connectivity index (χ1) is 10.9. The molecule has 0 radical (unpaired) electrons. The molecule has 0 atom stereocenters. The Labute approximate surface area is 135 Å². The molecular formula is C13H13ClF3N5O. The molecule has 124 valence electrons. The zero-order valence-electron chi connectivity index (χ0n) is 12.0. The van der Waals surface area contributed by atoms with Gasteiger partial charge in [-0.2, -0.15) is 23.3 Å². The van der Waals surface area contributed by atoms with Crippen molar-refractivity contribution in [2.45, 2.75) is 6.18 Å². The Hall–Kier alpha value is -2.13. The summed E-state index contributed by atoms with van der Waals surface area (Å²) >= 11 is 5.63. The third-order valence-corrected chi connectivity index (χ3v) is 2.93. The van der Waals surface area contributed by atoms with Gasteiger partial charge in [-0.3, -0.25) is 0 Å². The van der Waals surface area contributed by atoms with Gasteiger partial charge >= 0.3 is 6.18 Å². The molecule has 0 bridgehead atoms. The number of hydrogen-bond donors (Lipinski definition) is 2. The maximum Gasteiger partial charge on any atom is 0.418 e. The minimum atomic E-state index is -4.55. The largest absolute Gasteiger partial charge is 0.418 e. The first-order valence-electron chi connectivity index (χ1n) is 6.46. The van der Waals surface area contributed by atoms with Gasteiger partial charge in [0.05, 0.1) is 24.1 Å². The number of methoxy groups -OCH3 is 1. The first kappa shape index (κ1) is 17.2. The third kappa shape index (κ3) is 4.93. The van der Waals surface area contributed by atoms with Gasteiger partial charge in [-0.25, -0.2) is 0 Å². The number of aromatic nitrogens is 3. The lowest BCUT2D eigenvalue weighted by atomic mass is 10.1. The van der Waals surface area contributed by atoms with E-state index in [4.69, 9.17) is 16.3 Å². The average molecular weight is 348 g/mol. The van der Waals surface area contributed by atoms with E-state index in [0.717, 1.165) is 6.07 Å². The van der Waals surface area contributed by atoms with Crippen molar-refractivity contribution in [1.82, 2.24) is 15.2 Å². The van der Waals surface area contributed by atoms with Crippen molar-refractivity contribution < 1.29 is 17.9 Å². The Balaban J connectivity index is 2.21. The Morgan fingerprint density at radius 3 is 2.78 bits per heavy atom. The molecular weight excluding hydrogens is 335 g/mol. The van der Waals surface area contributed by atoms with Gasteiger partial charge in [-0.15, -0.1) is 5.10 Å². The summed E-state index contributed by atoms with van der Waals surface area (Å²) in [7, 11) is 1.54. The number of benzene rings is 1. The quantitative estimate of drug-likeness (QED) is 0.781. The van der Waals surface area contributed by atoms with E-state index in [1.54, 1.807) is 0 Å². The van der Waals surface area contributed by atoms with E-state index in [2.05, 4.69) is 25.8 Å². The van der Waals surface area contributed by atoms with Gasteiger partial charge in [0.1, 0.15) is 0 Å². The number of ether oxygens (including phenoxy) is 1. The Morgan fingerprint density at radius 1 is 1.30 bits per heavy atom.